The van der Waals surface area contributed by atoms with E-state index in [1.165, 1.54) is 4.88 Å². The molecule has 0 spiro atoms. The van der Waals surface area contributed by atoms with Crippen molar-refractivity contribution in [2.24, 2.45) is 5.73 Å². The molecule has 0 bridgehead atoms. The van der Waals surface area contributed by atoms with Crippen molar-refractivity contribution in [3.05, 3.63) is 21.9 Å². The number of thiophene rings is 1. The van der Waals surface area contributed by atoms with Crippen LogP contribution in [0.4, 0.5) is 0 Å². The van der Waals surface area contributed by atoms with E-state index >= 15 is 0 Å². The predicted octanol–water partition coefficient (Wildman–Crippen LogP) is 1.65. The lowest BCUT2D eigenvalue weighted by Gasteiger charge is -2.15. The maximum Gasteiger partial charge on any atom is 0.0555 e. The van der Waals surface area contributed by atoms with Crippen LogP contribution < -0.4 is 5.73 Å². The summed E-state index contributed by atoms with van der Waals surface area (Å²) in [5.74, 6) is 6.01. The van der Waals surface area contributed by atoms with Gasteiger partial charge in [0.1, 0.15) is 0 Å². The van der Waals surface area contributed by atoms with E-state index in [0.29, 0.717) is 13.2 Å². The van der Waals surface area contributed by atoms with Crippen molar-refractivity contribution in [1.29, 1.82) is 0 Å². The van der Waals surface area contributed by atoms with Gasteiger partial charge in [-0.15, -0.1) is 11.3 Å². The second-order valence-electron chi connectivity index (χ2n) is 4.29. The zero-order chi connectivity index (χ0) is 13.2. The largest absolute Gasteiger partial charge is 0.396 e. The first-order valence-corrected chi connectivity index (χ1v) is 7.20. The van der Waals surface area contributed by atoms with Gasteiger partial charge in [-0.05, 0) is 44.3 Å². The second-order valence-corrected chi connectivity index (χ2v) is 5.29. The van der Waals surface area contributed by atoms with Crippen LogP contribution in [0.5, 0.6) is 0 Å². The fourth-order valence-corrected chi connectivity index (χ4v) is 2.62. The summed E-state index contributed by atoms with van der Waals surface area (Å²) >= 11 is 1.75. The van der Waals surface area contributed by atoms with Gasteiger partial charge in [-0.2, -0.15) is 0 Å². The third kappa shape index (κ3) is 5.65. The second kappa shape index (κ2) is 9.12. The smallest absolute Gasteiger partial charge is 0.0555 e. The normalized spacial score (nSPS) is 10.4. The summed E-state index contributed by atoms with van der Waals surface area (Å²) in [5, 5.41) is 10.8. The van der Waals surface area contributed by atoms with E-state index in [4.69, 9.17) is 10.8 Å². The number of hydrogen-bond acceptors (Lipinski definition) is 4. The van der Waals surface area contributed by atoms with Gasteiger partial charge in [0, 0.05) is 23.6 Å². The first-order valence-electron chi connectivity index (χ1n) is 6.32. The molecular weight excluding hydrogens is 244 g/mol. The van der Waals surface area contributed by atoms with Crippen LogP contribution >= 0.6 is 11.3 Å². The molecule has 0 saturated carbocycles. The highest BCUT2D eigenvalue weighted by Crippen LogP contribution is 2.17. The minimum absolute atomic E-state index is 0.299. The molecule has 0 unspecified atom stereocenters. The molecule has 100 valence electrons. The van der Waals surface area contributed by atoms with Crippen molar-refractivity contribution in [2.45, 2.75) is 25.8 Å². The van der Waals surface area contributed by atoms with Gasteiger partial charge in [0.25, 0.3) is 0 Å². The van der Waals surface area contributed by atoms with Crippen molar-refractivity contribution >= 4 is 11.3 Å². The van der Waals surface area contributed by atoms with Gasteiger partial charge in [0.2, 0.25) is 0 Å². The Morgan fingerprint density at radius 2 is 2.22 bits per heavy atom. The first kappa shape index (κ1) is 15.2. The Hall–Kier alpha value is -0.860. The van der Waals surface area contributed by atoms with Crippen LogP contribution in [-0.2, 0) is 6.54 Å². The Kier molecular flexibility index (Phi) is 7.70. The summed E-state index contributed by atoms with van der Waals surface area (Å²) in [6.45, 7) is 2.70. The number of hydrogen-bond donors (Lipinski definition) is 2. The van der Waals surface area contributed by atoms with E-state index in [-0.39, 0.29) is 0 Å². The molecule has 1 heterocycles. The average Bonchev–Trinajstić information content (AvgIpc) is 2.79. The van der Waals surface area contributed by atoms with Crippen molar-refractivity contribution in [1.82, 2.24) is 4.90 Å². The van der Waals surface area contributed by atoms with E-state index in [1.54, 1.807) is 11.3 Å². The quantitative estimate of drug-likeness (QED) is 0.583. The highest BCUT2D eigenvalue weighted by Gasteiger charge is 2.05. The molecule has 0 aliphatic rings. The van der Waals surface area contributed by atoms with Crippen molar-refractivity contribution in [3.8, 4) is 11.8 Å². The number of unbranched alkanes of at least 4 members (excludes halogenated alkanes) is 2. The summed E-state index contributed by atoms with van der Waals surface area (Å²) < 4.78 is 0. The Labute approximate surface area is 114 Å². The number of aliphatic hydroxyl groups excluding tert-OH is 1. The fourth-order valence-electron chi connectivity index (χ4n) is 1.72. The monoisotopic (exact) mass is 266 g/mol. The molecule has 18 heavy (non-hydrogen) atoms. The van der Waals surface area contributed by atoms with Crippen LogP contribution in [0.1, 0.15) is 29.7 Å². The van der Waals surface area contributed by atoms with E-state index in [2.05, 4.69) is 35.2 Å². The molecule has 0 saturated heterocycles. The molecule has 3 N–H and O–H groups in total. The number of aliphatic hydroxyl groups is 1. The van der Waals surface area contributed by atoms with E-state index in [1.807, 2.05) is 0 Å². The van der Waals surface area contributed by atoms with Crippen LogP contribution in [0, 0.1) is 11.8 Å². The third-order valence-corrected chi connectivity index (χ3v) is 3.59. The topological polar surface area (TPSA) is 49.5 Å². The molecule has 3 nitrogen and oxygen atoms in total. The molecular formula is C14H22N2OS. The van der Waals surface area contributed by atoms with Crippen molar-refractivity contribution in [2.75, 3.05) is 26.7 Å². The zero-order valence-corrected chi connectivity index (χ0v) is 11.8. The van der Waals surface area contributed by atoms with Crippen LogP contribution in [0.25, 0.3) is 0 Å². The molecule has 0 aliphatic heterocycles. The molecule has 0 fully saturated rings. The average molecular weight is 266 g/mol. The standard InChI is InChI=1S/C14H22N2OS/c1-16(9-3-2-4-10-17)12-14-13(6-5-8-15)7-11-18-14/h7,11,17H,2-4,8-10,12,15H2,1H3. The van der Waals surface area contributed by atoms with E-state index < -0.39 is 0 Å². The Morgan fingerprint density at radius 1 is 1.39 bits per heavy atom. The lowest BCUT2D eigenvalue weighted by atomic mass is 10.2. The lowest BCUT2D eigenvalue weighted by Crippen LogP contribution is -2.19. The van der Waals surface area contributed by atoms with Gasteiger partial charge in [-0.25, -0.2) is 0 Å². The number of nitrogens with two attached hydrogens (primary N) is 1. The fraction of sp³-hybridized carbons (Fsp3) is 0.571. The molecule has 1 aromatic rings. The Balaban J connectivity index is 2.39. The maximum atomic E-state index is 8.72. The molecule has 1 aromatic heterocycles. The van der Waals surface area contributed by atoms with E-state index in [0.717, 1.165) is 37.9 Å². The SMILES string of the molecule is CN(CCCCCO)Cc1sccc1C#CCN. The van der Waals surface area contributed by atoms with Gasteiger partial charge < -0.3 is 15.7 Å². The highest BCUT2D eigenvalue weighted by molar-refractivity contribution is 7.10. The van der Waals surface area contributed by atoms with Gasteiger partial charge in [-0.1, -0.05) is 11.8 Å². The van der Waals surface area contributed by atoms with Crippen molar-refractivity contribution in [3.63, 3.8) is 0 Å². The molecule has 0 amide bonds. The minimum atomic E-state index is 0.299. The summed E-state index contributed by atoms with van der Waals surface area (Å²) in [6.07, 6.45) is 3.12. The van der Waals surface area contributed by atoms with Crippen LogP contribution in [0.3, 0.4) is 0 Å². The third-order valence-electron chi connectivity index (χ3n) is 2.68. The van der Waals surface area contributed by atoms with Gasteiger partial charge in [0.05, 0.1) is 6.54 Å². The number of rotatable bonds is 7. The predicted molar refractivity (Wildman–Crippen MR) is 77.5 cm³/mol. The molecule has 1 rings (SSSR count). The zero-order valence-electron chi connectivity index (χ0n) is 11.0. The Bertz CT molecular complexity index is 392. The van der Waals surface area contributed by atoms with Crippen molar-refractivity contribution < 1.29 is 5.11 Å². The molecule has 0 aliphatic carbocycles. The highest BCUT2D eigenvalue weighted by atomic mass is 32.1. The minimum Gasteiger partial charge on any atom is -0.396 e. The summed E-state index contributed by atoms with van der Waals surface area (Å²) in [7, 11) is 2.12. The van der Waals surface area contributed by atoms with Gasteiger partial charge in [0.15, 0.2) is 0 Å². The van der Waals surface area contributed by atoms with Gasteiger partial charge in [-0.3, -0.25) is 0 Å². The summed E-state index contributed by atoms with van der Waals surface area (Å²) in [6, 6.07) is 2.06. The molecule has 0 radical (unpaired) electrons. The summed E-state index contributed by atoms with van der Waals surface area (Å²) in [5.41, 5.74) is 6.49. The lowest BCUT2D eigenvalue weighted by molar-refractivity contribution is 0.271. The van der Waals surface area contributed by atoms with Crippen LogP contribution in [0.15, 0.2) is 11.4 Å². The van der Waals surface area contributed by atoms with Crippen LogP contribution in [0.2, 0.25) is 0 Å². The number of nitrogens with zero attached hydrogens (tertiary/aromatic N) is 1. The molecule has 0 aromatic carbocycles. The summed E-state index contributed by atoms with van der Waals surface area (Å²) in [4.78, 5) is 3.61. The Morgan fingerprint density at radius 3 is 2.94 bits per heavy atom. The van der Waals surface area contributed by atoms with E-state index in [9.17, 15) is 0 Å². The van der Waals surface area contributed by atoms with Gasteiger partial charge >= 0.3 is 0 Å². The molecule has 0 atom stereocenters. The first-order chi connectivity index (χ1) is 8.77. The maximum absolute atomic E-state index is 8.72. The molecule has 4 heteroatoms. The van der Waals surface area contributed by atoms with Crippen LogP contribution in [-0.4, -0.2) is 36.8 Å².